The normalized spacial score (nSPS) is 9.91. The topological polar surface area (TPSA) is 37.3 Å². The number of hydrogen-bond acceptors (Lipinski definition) is 1. The Labute approximate surface area is 76.9 Å². The minimum absolute atomic E-state index is 0.343. The van der Waals surface area contributed by atoms with E-state index in [-0.39, 0.29) is 0 Å². The molecule has 1 atom stereocenters. The van der Waals surface area contributed by atoms with Crippen molar-refractivity contribution < 1.29 is 9.90 Å². The molecule has 0 aromatic rings. The van der Waals surface area contributed by atoms with Gasteiger partial charge in [0.05, 0.1) is 0 Å². The number of carbonyl (C=O) groups is 1. The van der Waals surface area contributed by atoms with Crippen molar-refractivity contribution in [2.45, 2.75) is 43.7 Å². The van der Waals surface area contributed by atoms with E-state index in [9.17, 15) is 4.79 Å². The summed E-state index contributed by atoms with van der Waals surface area (Å²) in [6.45, 7) is 0. The van der Waals surface area contributed by atoms with Crippen LogP contribution in [0.25, 0.3) is 0 Å². The van der Waals surface area contributed by atoms with Crippen LogP contribution in [-0.2, 0) is 4.79 Å². The predicted molar refractivity (Wildman–Crippen MR) is 48.7 cm³/mol. The monoisotopic (exact) mass is 220 g/mol. The van der Waals surface area contributed by atoms with Gasteiger partial charge in [0, 0.05) is 0 Å². The Balaban J connectivity index is 2.85. The van der Waals surface area contributed by atoms with Gasteiger partial charge >= 0.3 is 76.5 Å². The molecule has 66 valence electrons. The third kappa shape index (κ3) is 10.0. The maximum atomic E-state index is 10.1. The second kappa shape index (κ2) is 8.13. The van der Waals surface area contributed by atoms with Crippen molar-refractivity contribution in [3.05, 3.63) is 0 Å². The minimum atomic E-state index is -0.663. The van der Waals surface area contributed by atoms with Gasteiger partial charge in [-0.3, -0.25) is 0 Å². The van der Waals surface area contributed by atoms with Crippen molar-refractivity contribution in [2.75, 3.05) is 0 Å². The van der Waals surface area contributed by atoms with Gasteiger partial charge in [0.2, 0.25) is 0 Å². The van der Waals surface area contributed by atoms with Crippen molar-refractivity contribution >= 4 is 22.8 Å². The van der Waals surface area contributed by atoms with Gasteiger partial charge in [0.1, 0.15) is 0 Å². The molecule has 0 fully saturated rings. The summed E-state index contributed by atoms with van der Waals surface area (Å²) in [5.74, 6) is -0.663. The standard InChI is InChI=1S/C8H17AsO2/c9-7-5-3-1-2-4-6-8(10)11/h1-7,9H2,(H,10,11). The van der Waals surface area contributed by atoms with Crippen LogP contribution in [0, 0.1) is 0 Å². The summed E-state index contributed by atoms with van der Waals surface area (Å²) >= 11 is 1.79. The molecule has 0 radical (unpaired) electrons. The molecular formula is C8H17AsO2. The van der Waals surface area contributed by atoms with Crippen molar-refractivity contribution in [1.29, 1.82) is 0 Å². The fourth-order valence-electron chi connectivity index (χ4n) is 0.951. The Bertz CT molecular complexity index is 104. The first-order chi connectivity index (χ1) is 5.27. The van der Waals surface area contributed by atoms with Gasteiger partial charge in [-0.05, 0) is 0 Å². The van der Waals surface area contributed by atoms with E-state index in [1.165, 1.54) is 24.5 Å². The van der Waals surface area contributed by atoms with Crippen LogP contribution >= 0.6 is 0 Å². The molecule has 0 aliphatic heterocycles. The molecule has 0 aromatic carbocycles. The van der Waals surface area contributed by atoms with E-state index in [0.29, 0.717) is 6.42 Å². The molecule has 0 rings (SSSR count). The molecule has 0 aliphatic carbocycles. The fraction of sp³-hybridized carbons (Fsp3) is 0.875. The van der Waals surface area contributed by atoms with E-state index in [0.717, 1.165) is 12.8 Å². The molecule has 0 aliphatic rings. The van der Waals surface area contributed by atoms with Crippen LogP contribution in [0.15, 0.2) is 0 Å². The summed E-state index contributed by atoms with van der Waals surface area (Å²) in [5.41, 5.74) is 0. The molecule has 0 heterocycles. The first-order valence-corrected chi connectivity index (χ1v) is 5.90. The van der Waals surface area contributed by atoms with Crippen LogP contribution in [0.5, 0.6) is 0 Å². The maximum absolute atomic E-state index is 10.1. The molecular weight excluding hydrogens is 203 g/mol. The summed E-state index contributed by atoms with van der Waals surface area (Å²) in [4.78, 5) is 10.1. The van der Waals surface area contributed by atoms with Crippen molar-refractivity contribution in [3.8, 4) is 0 Å². The van der Waals surface area contributed by atoms with Gasteiger partial charge in [0.15, 0.2) is 0 Å². The number of unbranched alkanes of at least 4 members (excludes halogenated alkanes) is 4. The van der Waals surface area contributed by atoms with E-state index in [1.54, 1.807) is 16.9 Å². The Morgan fingerprint density at radius 1 is 1.09 bits per heavy atom. The third-order valence-electron chi connectivity index (χ3n) is 1.59. The summed E-state index contributed by atoms with van der Waals surface area (Å²) < 4.78 is 0. The number of carboxylic acid groups (broad SMARTS) is 1. The van der Waals surface area contributed by atoms with E-state index < -0.39 is 5.97 Å². The van der Waals surface area contributed by atoms with Gasteiger partial charge in [-0.25, -0.2) is 0 Å². The zero-order chi connectivity index (χ0) is 8.53. The molecule has 11 heavy (non-hydrogen) atoms. The predicted octanol–water partition coefficient (Wildman–Crippen LogP) is 1.46. The first-order valence-electron chi connectivity index (χ1n) is 4.19. The first kappa shape index (κ1) is 11.0. The van der Waals surface area contributed by atoms with E-state index in [1.807, 2.05) is 0 Å². The summed E-state index contributed by atoms with van der Waals surface area (Å²) in [5, 5.41) is 9.63. The number of aliphatic carboxylic acids is 1. The molecule has 0 aromatic heterocycles. The molecule has 1 unspecified atom stereocenters. The number of hydrogen-bond donors (Lipinski definition) is 1. The van der Waals surface area contributed by atoms with Gasteiger partial charge in [-0.2, -0.15) is 0 Å². The molecule has 1 N–H and O–H groups in total. The zero-order valence-electron chi connectivity index (χ0n) is 6.88. The second-order valence-electron chi connectivity index (χ2n) is 2.70. The number of rotatable bonds is 7. The Hall–Kier alpha value is 0.0284. The average molecular weight is 220 g/mol. The molecule has 0 saturated carbocycles. The Kier molecular flexibility index (Phi) is 8.15. The molecule has 3 heteroatoms. The van der Waals surface area contributed by atoms with E-state index >= 15 is 0 Å². The van der Waals surface area contributed by atoms with Crippen LogP contribution in [-0.4, -0.2) is 27.9 Å². The van der Waals surface area contributed by atoms with Crippen LogP contribution in [0.1, 0.15) is 38.5 Å². The van der Waals surface area contributed by atoms with Crippen LogP contribution in [0.4, 0.5) is 0 Å². The SMILES string of the molecule is O=C(O)CCCCCCC[AsH2]. The summed E-state index contributed by atoms with van der Waals surface area (Å²) in [7, 11) is 0. The van der Waals surface area contributed by atoms with Crippen LogP contribution in [0.2, 0.25) is 5.21 Å². The van der Waals surface area contributed by atoms with Gasteiger partial charge < -0.3 is 0 Å². The van der Waals surface area contributed by atoms with Crippen LogP contribution in [0.3, 0.4) is 0 Å². The zero-order valence-corrected chi connectivity index (χ0v) is 9.31. The second-order valence-corrected chi connectivity index (χ2v) is 3.91. The van der Waals surface area contributed by atoms with Gasteiger partial charge in [-0.15, -0.1) is 0 Å². The quantitative estimate of drug-likeness (QED) is 0.521. The van der Waals surface area contributed by atoms with Crippen LogP contribution < -0.4 is 0 Å². The van der Waals surface area contributed by atoms with E-state index in [4.69, 9.17) is 5.11 Å². The van der Waals surface area contributed by atoms with Gasteiger partial charge in [0.25, 0.3) is 0 Å². The molecule has 0 saturated heterocycles. The molecule has 0 amide bonds. The van der Waals surface area contributed by atoms with E-state index in [2.05, 4.69) is 0 Å². The van der Waals surface area contributed by atoms with Gasteiger partial charge in [-0.1, -0.05) is 0 Å². The average Bonchev–Trinajstić information content (AvgIpc) is 1.96. The fourth-order valence-corrected chi connectivity index (χ4v) is 1.56. The number of carboxylic acids is 1. The van der Waals surface area contributed by atoms with Crippen molar-refractivity contribution in [2.24, 2.45) is 0 Å². The molecule has 0 spiro atoms. The summed E-state index contributed by atoms with van der Waals surface area (Å²) in [6.07, 6.45) is 6.07. The summed E-state index contributed by atoms with van der Waals surface area (Å²) in [6, 6.07) is 0. The van der Waals surface area contributed by atoms with Crippen molar-refractivity contribution in [1.82, 2.24) is 0 Å². The Morgan fingerprint density at radius 3 is 2.18 bits per heavy atom. The Morgan fingerprint density at radius 2 is 1.64 bits per heavy atom. The molecule has 2 nitrogen and oxygen atoms in total. The molecule has 0 bridgehead atoms. The third-order valence-corrected chi connectivity index (χ3v) is 2.45. The van der Waals surface area contributed by atoms with Crippen molar-refractivity contribution in [3.63, 3.8) is 0 Å².